The van der Waals surface area contributed by atoms with Crippen molar-refractivity contribution in [3.05, 3.63) is 83.0 Å². The number of ether oxygens (including phenoxy) is 1. The quantitative estimate of drug-likeness (QED) is 0.488. The fourth-order valence-electron chi connectivity index (χ4n) is 4.00. The smallest absolute Gasteiger partial charge is 0.407 e. The number of nitrogens with one attached hydrogen (secondary N) is 1. The van der Waals surface area contributed by atoms with E-state index in [4.69, 9.17) is 10.5 Å². The summed E-state index contributed by atoms with van der Waals surface area (Å²) >= 11 is 0. The van der Waals surface area contributed by atoms with Crippen LogP contribution in [-0.4, -0.2) is 40.5 Å². The topological polar surface area (TPSA) is 118 Å². The van der Waals surface area contributed by atoms with Crippen LogP contribution < -0.4 is 11.1 Å². The molecule has 2 aromatic carbocycles. The van der Waals surface area contributed by atoms with E-state index in [0.717, 1.165) is 27.8 Å². The normalized spacial score (nSPS) is 14.4. The van der Waals surface area contributed by atoms with Gasteiger partial charge in [0, 0.05) is 24.2 Å². The number of aromatic nitrogens is 1. The third-order valence-electron chi connectivity index (χ3n) is 5.57. The molecule has 31 heavy (non-hydrogen) atoms. The standard InChI is InChI=1S/C24H25N3O4/c1-14-10-19(23(25)26-11-14)22(29)21(28)12-27-24(30)31-13-20-17-8-4-2-6-15(17)16-7-3-5-9-18(16)20/h2-11,20-22,28-29H,12-13H2,1H3,(H2,25,26)(H,27,30). The summed E-state index contributed by atoms with van der Waals surface area (Å²) in [5.41, 5.74) is 11.4. The van der Waals surface area contributed by atoms with Crippen molar-refractivity contribution in [2.45, 2.75) is 25.0 Å². The molecule has 0 bridgehead atoms. The molecule has 0 aliphatic heterocycles. The number of pyridine rings is 1. The summed E-state index contributed by atoms with van der Waals surface area (Å²) in [5.74, 6) is 0.0881. The van der Waals surface area contributed by atoms with Gasteiger partial charge in [0.05, 0.1) is 0 Å². The molecule has 2 unspecified atom stereocenters. The van der Waals surface area contributed by atoms with Gasteiger partial charge in [0.2, 0.25) is 0 Å². The number of carbonyl (C=O) groups excluding carboxylic acids is 1. The molecule has 0 spiro atoms. The summed E-state index contributed by atoms with van der Waals surface area (Å²) in [6, 6.07) is 17.8. The van der Waals surface area contributed by atoms with E-state index in [9.17, 15) is 15.0 Å². The number of alkyl carbamates (subject to hydrolysis) is 1. The second-order valence-electron chi connectivity index (χ2n) is 7.71. The number of anilines is 1. The Labute approximate surface area is 180 Å². The zero-order valence-electron chi connectivity index (χ0n) is 17.2. The number of aliphatic hydroxyl groups is 2. The minimum atomic E-state index is -1.28. The molecule has 3 aromatic rings. The van der Waals surface area contributed by atoms with Crippen LogP contribution >= 0.6 is 0 Å². The maximum absolute atomic E-state index is 12.2. The van der Waals surface area contributed by atoms with Gasteiger partial charge in [-0.25, -0.2) is 9.78 Å². The maximum atomic E-state index is 12.2. The highest BCUT2D eigenvalue weighted by Gasteiger charge is 2.29. The molecule has 0 fully saturated rings. The van der Waals surface area contributed by atoms with Gasteiger partial charge in [-0.3, -0.25) is 0 Å². The van der Waals surface area contributed by atoms with Crippen molar-refractivity contribution in [2.24, 2.45) is 0 Å². The van der Waals surface area contributed by atoms with E-state index in [1.807, 2.05) is 43.3 Å². The Morgan fingerprint density at radius 2 is 1.74 bits per heavy atom. The van der Waals surface area contributed by atoms with Crippen molar-refractivity contribution in [3.8, 4) is 11.1 Å². The number of nitrogens with two attached hydrogens (primary N) is 1. The molecule has 1 aliphatic carbocycles. The van der Waals surface area contributed by atoms with Crippen molar-refractivity contribution in [1.29, 1.82) is 0 Å². The van der Waals surface area contributed by atoms with Gasteiger partial charge in [-0.05, 0) is 40.8 Å². The first kappa shape index (κ1) is 20.8. The Hall–Kier alpha value is -3.42. The molecule has 1 aliphatic rings. The Morgan fingerprint density at radius 3 is 2.39 bits per heavy atom. The number of carbonyl (C=O) groups is 1. The summed E-state index contributed by atoms with van der Waals surface area (Å²) < 4.78 is 5.44. The highest BCUT2D eigenvalue weighted by Crippen LogP contribution is 2.44. The van der Waals surface area contributed by atoms with Crippen LogP contribution in [0.1, 0.15) is 34.3 Å². The van der Waals surface area contributed by atoms with Gasteiger partial charge in [0.15, 0.2) is 0 Å². The van der Waals surface area contributed by atoms with E-state index in [2.05, 4.69) is 22.4 Å². The SMILES string of the molecule is Cc1cnc(N)c(C(O)C(O)CNC(=O)OCC2c3ccccc3-c3ccccc32)c1. The van der Waals surface area contributed by atoms with Gasteiger partial charge >= 0.3 is 6.09 Å². The lowest BCUT2D eigenvalue weighted by atomic mass is 9.98. The van der Waals surface area contributed by atoms with Gasteiger partial charge < -0.3 is 26.0 Å². The Bertz CT molecular complexity index is 1060. The summed E-state index contributed by atoms with van der Waals surface area (Å²) in [4.78, 5) is 16.2. The predicted molar refractivity (Wildman–Crippen MR) is 117 cm³/mol. The third-order valence-corrected chi connectivity index (χ3v) is 5.57. The number of benzene rings is 2. The first-order valence-corrected chi connectivity index (χ1v) is 10.1. The van der Waals surface area contributed by atoms with Crippen molar-refractivity contribution in [2.75, 3.05) is 18.9 Å². The first-order valence-electron chi connectivity index (χ1n) is 10.1. The lowest BCUT2D eigenvalue weighted by Crippen LogP contribution is -2.36. The third kappa shape index (κ3) is 4.23. The summed E-state index contributed by atoms with van der Waals surface area (Å²) in [7, 11) is 0. The largest absolute Gasteiger partial charge is 0.449 e. The van der Waals surface area contributed by atoms with E-state index in [0.29, 0.717) is 5.56 Å². The van der Waals surface area contributed by atoms with Crippen LogP contribution in [0.3, 0.4) is 0 Å². The zero-order chi connectivity index (χ0) is 22.0. The van der Waals surface area contributed by atoms with Crippen molar-refractivity contribution in [3.63, 3.8) is 0 Å². The Balaban J connectivity index is 1.35. The van der Waals surface area contributed by atoms with Crippen LogP contribution in [0.2, 0.25) is 0 Å². The molecule has 1 aromatic heterocycles. The van der Waals surface area contributed by atoms with Crippen LogP contribution in [0.15, 0.2) is 60.8 Å². The molecule has 0 radical (unpaired) electrons. The summed E-state index contributed by atoms with van der Waals surface area (Å²) in [6.45, 7) is 1.79. The van der Waals surface area contributed by atoms with Crippen molar-refractivity contribution in [1.82, 2.24) is 10.3 Å². The molecule has 7 heteroatoms. The second kappa shape index (κ2) is 8.75. The molecular weight excluding hydrogens is 394 g/mol. The van der Waals surface area contributed by atoms with Gasteiger partial charge in [0.25, 0.3) is 0 Å². The highest BCUT2D eigenvalue weighted by atomic mass is 16.5. The number of nitrogen functional groups attached to an aromatic ring is 1. The molecule has 4 rings (SSSR count). The van der Waals surface area contributed by atoms with Crippen LogP contribution in [0, 0.1) is 6.92 Å². The number of rotatable bonds is 6. The first-order chi connectivity index (χ1) is 15.0. The molecular formula is C24H25N3O4. The van der Waals surface area contributed by atoms with Gasteiger partial charge in [-0.15, -0.1) is 0 Å². The average molecular weight is 419 g/mol. The molecule has 7 nitrogen and oxygen atoms in total. The fraction of sp³-hybridized carbons (Fsp3) is 0.250. The van der Waals surface area contributed by atoms with Crippen LogP contribution in [0.25, 0.3) is 11.1 Å². The molecule has 1 amide bonds. The fourth-order valence-corrected chi connectivity index (χ4v) is 4.00. The number of hydrogen-bond donors (Lipinski definition) is 4. The van der Waals surface area contributed by atoms with Crippen LogP contribution in [0.4, 0.5) is 10.6 Å². The Kier molecular flexibility index (Phi) is 5.88. The molecule has 5 N–H and O–H groups in total. The van der Waals surface area contributed by atoms with E-state index in [-0.39, 0.29) is 24.9 Å². The number of fused-ring (bicyclic) bond motifs is 3. The van der Waals surface area contributed by atoms with Gasteiger partial charge in [-0.2, -0.15) is 0 Å². The minimum Gasteiger partial charge on any atom is -0.449 e. The lowest BCUT2D eigenvalue weighted by Gasteiger charge is -2.20. The number of aryl methyl sites for hydroxylation is 1. The Morgan fingerprint density at radius 1 is 1.13 bits per heavy atom. The minimum absolute atomic E-state index is 0.0492. The van der Waals surface area contributed by atoms with Crippen molar-refractivity contribution >= 4 is 11.9 Å². The lowest BCUT2D eigenvalue weighted by molar-refractivity contribution is 0.0188. The number of nitrogens with zero attached hydrogens (tertiary/aromatic N) is 1. The predicted octanol–water partition coefficient (Wildman–Crippen LogP) is 2.91. The van der Waals surface area contributed by atoms with Gasteiger partial charge in [-0.1, -0.05) is 48.5 Å². The molecule has 0 saturated carbocycles. The average Bonchev–Trinajstić information content (AvgIpc) is 3.11. The zero-order valence-corrected chi connectivity index (χ0v) is 17.2. The molecule has 2 atom stereocenters. The summed E-state index contributed by atoms with van der Waals surface area (Å²) in [6.07, 6.45) is -1.62. The highest BCUT2D eigenvalue weighted by molar-refractivity contribution is 5.79. The van der Waals surface area contributed by atoms with E-state index in [1.54, 1.807) is 12.3 Å². The van der Waals surface area contributed by atoms with E-state index < -0.39 is 18.3 Å². The summed E-state index contributed by atoms with van der Waals surface area (Å²) in [5, 5.41) is 23.1. The molecule has 0 saturated heterocycles. The monoisotopic (exact) mass is 419 g/mol. The van der Waals surface area contributed by atoms with Crippen LogP contribution in [-0.2, 0) is 4.74 Å². The van der Waals surface area contributed by atoms with E-state index in [1.165, 1.54) is 0 Å². The number of amides is 1. The second-order valence-corrected chi connectivity index (χ2v) is 7.71. The maximum Gasteiger partial charge on any atom is 0.407 e. The number of aliphatic hydroxyl groups excluding tert-OH is 2. The van der Waals surface area contributed by atoms with Gasteiger partial charge in [0.1, 0.15) is 24.6 Å². The van der Waals surface area contributed by atoms with Crippen LogP contribution in [0.5, 0.6) is 0 Å². The molecule has 1 heterocycles. The number of hydrogen-bond acceptors (Lipinski definition) is 6. The van der Waals surface area contributed by atoms with E-state index >= 15 is 0 Å². The van der Waals surface area contributed by atoms with Crippen molar-refractivity contribution < 1.29 is 19.7 Å². The molecule has 160 valence electrons.